The molecule has 0 saturated heterocycles. The number of fused-ring (bicyclic) bond motifs is 10. The minimum absolute atomic E-state index is 0.0217. The van der Waals surface area contributed by atoms with E-state index in [4.69, 9.17) is 9.47 Å². The minimum atomic E-state index is -1.84. The van der Waals surface area contributed by atoms with Gasteiger partial charge in [-0.15, -0.1) is 0 Å². The topological polar surface area (TPSA) is 38.3 Å². The number of aromatic nitrogens is 2. The normalized spacial score (nSPS) is 31.6. The van der Waals surface area contributed by atoms with Gasteiger partial charge >= 0.3 is 0 Å². The fourth-order valence-electron chi connectivity index (χ4n) is 12.8. The van der Waals surface area contributed by atoms with Crippen LogP contribution in [0.2, 0.25) is 19.6 Å². The van der Waals surface area contributed by atoms with Crippen molar-refractivity contribution in [1.29, 1.82) is 0 Å². The highest BCUT2D eigenvalue weighted by atomic mass is 28.3. The van der Waals surface area contributed by atoms with E-state index in [1.54, 1.807) is 16.7 Å². The molecule has 11 rings (SSSR count). The molecule has 3 aromatic rings. The quantitative estimate of drug-likeness (QED) is 0.159. The Hall–Kier alpha value is -4.00. The fraction of sp³-hybridized carbons (Fsp3) is 0.500. The van der Waals surface area contributed by atoms with E-state index in [0.717, 1.165) is 37.9 Å². The molecule has 300 valence electrons. The highest BCUT2D eigenvalue weighted by Gasteiger charge is 2.62. The van der Waals surface area contributed by atoms with Crippen LogP contribution < -0.4 is 24.4 Å². The predicted octanol–water partition coefficient (Wildman–Crippen LogP) is 10.4. The van der Waals surface area contributed by atoms with Gasteiger partial charge in [-0.05, 0) is 113 Å². The first kappa shape index (κ1) is 37.0. The molecule has 8 unspecified atom stereocenters. The van der Waals surface area contributed by atoms with E-state index in [0.29, 0.717) is 23.8 Å². The molecule has 2 aromatic heterocycles. The first-order valence-electron chi connectivity index (χ1n) is 22.8. The van der Waals surface area contributed by atoms with Gasteiger partial charge in [0.2, 0.25) is 11.4 Å². The van der Waals surface area contributed by atoms with Crippen molar-refractivity contribution >= 4 is 24.4 Å². The van der Waals surface area contributed by atoms with Gasteiger partial charge in [-0.25, -0.2) is 0 Å². The highest BCUT2D eigenvalue weighted by molar-refractivity contribution is 6.89. The van der Waals surface area contributed by atoms with Crippen molar-refractivity contribution in [2.75, 3.05) is 0 Å². The van der Waals surface area contributed by atoms with E-state index in [2.05, 4.69) is 142 Å². The van der Waals surface area contributed by atoms with Crippen LogP contribution in [0, 0.1) is 17.3 Å². The second-order valence-corrected chi connectivity index (χ2v) is 25.7. The Labute approximate surface area is 347 Å². The molecule has 3 aliphatic carbocycles. The van der Waals surface area contributed by atoms with Gasteiger partial charge in [0.05, 0.1) is 19.6 Å². The molecule has 0 spiro atoms. The van der Waals surface area contributed by atoms with Crippen LogP contribution >= 0.6 is 0 Å². The summed E-state index contributed by atoms with van der Waals surface area (Å²) in [6.07, 6.45) is 25.1. The summed E-state index contributed by atoms with van der Waals surface area (Å²) < 4.78 is 19.5. The van der Waals surface area contributed by atoms with Gasteiger partial charge in [-0.1, -0.05) is 69.9 Å². The van der Waals surface area contributed by atoms with Gasteiger partial charge in [0.15, 0.2) is 30.7 Å². The number of para-hydroxylation sites is 1. The summed E-state index contributed by atoms with van der Waals surface area (Å²) in [7, 11) is -1.84. The maximum atomic E-state index is 7.08. The largest absolute Gasteiger partial charge is 0.485 e. The third-order valence-electron chi connectivity index (χ3n) is 15.6. The number of nitrogens with zero attached hydrogens (tertiary/aromatic N) is 2. The maximum Gasteiger partial charge on any atom is 0.217 e. The number of nitrogens with one attached hydrogen (secondary N) is 1. The molecule has 0 bridgehead atoms. The monoisotopic (exact) mass is 789 g/mol. The number of pyridine rings is 2. The van der Waals surface area contributed by atoms with Crippen molar-refractivity contribution in [3.63, 3.8) is 0 Å². The van der Waals surface area contributed by atoms with Gasteiger partial charge in [0.1, 0.15) is 23.0 Å². The molecular weight excluding hydrogens is 727 g/mol. The Morgan fingerprint density at radius 2 is 1.72 bits per heavy atom. The Balaban J connectivity index is 1.10. The number of benzene rings is 1. The third kappa shape index (κ3) is 5.35. The van der Waals surface area contributed by atoms with E-state index < -0.39 is 8.07 Å². The Bertz CT molecular complexity index is 2430. The standard InChI is InChI=1S/C52H63N3O2Si/c1-30(2)26-33-24-25-54-44(27-33)47-40(23-22-37-38-21-20-31(3)53-51(38)57-49(37)47)50(54)52(5)32(4)55-29-46(58(6,7)8)41(28-43(55)39-15-9-11-18-42(39)52)36-17-13-16-35-34-14-10-12-19-45(34)56-48(35)36/h12-13,16-17,19-21,24-25,27-32,34,38,45,50-51,53H,9-11,14-15,18,22-23,26H2,1-8H3/q+2. The lowest BCUT2D eigenvalue weighted by Gasteiger charge is -2.44. The van der Waals surface area contributed by atoms with E-state index in [1.165, 1.54) is 81.4 Å². The van der Waals surface area contributed by atoms with Crippen molar-refractivity contribution in [2.24, 2.45) is 17.3 Å². The van der Waals surface area contributed by atoms with Crippen LogP contribution in [0.3, 0.4) is 0 Å². The number of hydrogen-bond donors (Lipinski definition) is 1. The van der Waals surface area contributed by atoms with Crippen molar-refractivity contribution < 1.29 is 18.6 Å². The summed E-state index contributed by atoms with van der Waals surface area (Å²) in [4.78, 5) is 0. The highest BCUT2D eigenvalue weighted by Crippen LogP contribution is 2.61. The Kier molecular flexibility index (Phi) is 8.46. The van der Waals surface area contributed by atoms with Crippen LogP contribution in [0.5, 0.6) is 5.75 Å². The maximum absolute atomic E-state index is 7.08. The average Bonchev–Trinajstić information content (AvgIpc) is 3.88. The van der Waals surface area contributed by atoms with Crippen LogP contribution in [-0.4, -0.2) is 26.4 Å². The van der Waals surface area contributed by atoms with Crippen LogP contribution in [0.15, 0.2) is 95.6 Å². The van der Waals surface area contributed by atoms with Crippen LogP contribution in [-0.2, 0) is 11.2 Å². The summed E-state index contributed by atoms with van der Waals surface area (Å²) in [5, 5.41) is 5.31. The number of rotatable bonds is 5. The first-order valence-corrected chi connectivity index (χ1v) is 26.3. The van der Waals surface area contributed by atoms with Crippen molar-refractivity contribution in [2.45, 2.75) is 148 Å². The molecule has 0 radical (unpaired) electrons. The number of allylic oxidation sites excluding steroid dienone is 5. The molecule has 8 atom stereocenters. The summed E-state index contributed by atoms with van der Waals surface area (Å²) >= 11 is 0. The summed E-state index contributed by atoms with van der Waals surface area (Å²) in [5.41, 5.74) is 16.1. The van der Waals surface area contributed by atoms with Crippen LogP contribution in [0.1, 0.15) is 127 Å². The van der Waals surface area contributed by atoms with Crippen molar-refractivity contribution in [1.82, 2.24) is 5.32 Å². The van der Waals surface area contributed by atoms with Gasteiger partial charge in [0, 0.05) is 57.6 Å². The summed E-state index contributed by atoms with van der Waals surface area (Å²) in [5.74, 6) is 3.69. The van der Waals surface area contributed by atoms with Crippen LogP contribution in [0.25, 0.3) is 22.3 Å². The zero-order valence-corrected chi connectivity index (χ0v) is 37.1. The van der Waals surface area contributed by atoms with Gasteiger partial charge in [-0.2, -0.15) is 9.13 Å². The predicted molar refractivity (Wildman–Crippen MR) is 236 cm³/mol. The zero-order valence-electron chi connectivity index (χ0n) is 36.1. The lowest BCUT2D eigenvalue weighted by molar-refractivity contribution is -0.771. The van der Waals surface area contributed by atoms with Crippen LogP contribution in [0.4, 0.5) is 0 Å². The molecule has 0 amide bonds. The second-order valence-electron chi connectivity index (χ2n) is 20.7. The molecule has 1 aromatic carbocycles. The van der Waals surface area contributed by atoms with E-state index in [9.17, 15) is 0 Å². The summed E-state index contributed by atoms with van der Waals surface area (Å²) in [6, 6.07) is 15.4. The van der Waals surface area contributed by atoms with Gasteiger partial charge in [0.25, 0.3) is 0 Å². The third-order valence-corrected chi connectivity index (χ3v) is 17.6. The number of ether oxygens (including phenoxy) is 2. The lowest BCUT2D eigenvalue weighted by atomic mass is 9.61. The van der Waals surface area contributed by atoms with E-state index in [1.807, 2.05) is 0 Å². The molecule has 1 N–H and O–H groups in total. The number of hydrogen-bond acceptors (Lipinski definition) is 3. The molecule has 0 saturated carbocycles. The average molecular weight is 790 g/mol. The van der Waals surface area contributed by atoms with E-state index >= 15 is 0 Å². The Morgan fingerprint density at radius 3 is 2.55 bits per heavy atom. The molecule has 58 heavy (non-hydrogen) atoms. The van der Waals surface area contributed by atoms with Crippen molar-refractivity contribution in [3.8, 4) is 16.9 Å². The van der Waals surface area contributed by atoms with Gasteiger partial charge < -0.3 is 9.47 Å². The molecule has 8 aliphatic rings. The molecule has 5 nitrogen and oxygen atoms in total. The molecular formula is C52H63N3O2Si+2. The molecule has 5 aliphatic heterocycles. The smallest absolute Gasteiger partial charge is 0.217 e. The molecule has 0 fully saturated rings. The SMILES string of the molecule is CC(C)Cc1cc[n+]2c(c1)C1=C(CCC3=C1OC1NC(C)C=CC31)C2C1(C)C2=C(CCCC2)c2cc(-c3cccc4c3OC3C=CCCC43)c([Si](C)(C)C)c[n+]2C1C. The molecule has 6 heteroatoms. The first-order chi connectivity index (χ1) is 27.9. The van der Waals surface area contributed by atoms with Crippen molar-refractivity contribution in [3.05, 3.63) is 118 Å². The Morgan fingerprint density at radius 1 is 0.897 bits per heavy atom. The lowest BCUT2D eigenvalue weighted by Crippen LogP contribution is -2.62. The second kappa shape index (κ2) is 13.2. The molecule has 7 heterocycles. The fourth-order valence-corrected chi connectivity index (χ4v) is 14.4. The minimum Gasteiger partial charge on any atom is -0.485 e. The van der Waals surface area contributed by atoms with E-state index in [-0.39, 0.29) is 29.8 Å². The van der Waals surface area contributed by atoms with Gasteiger partial charge in [-0.3, -0.25) is 5.32 Å². The summed E-state index contributed by atoms with van der Waals surface area (Å²) in [6.45, 7) is 19.8. The zero-order chi connectivity index (χ0) is 39.8.